The highest BCUT2D eigenvalue weighted by Gasteiger charge is 2.08. The van der Waals surface area contributed by atoms with Gasteiger partial charge in [0.1, 0.15) is 5.76 Å². The molecule has 2 aromatic rings. The fourth-order valence-electron chi connectivity index (χ4n) is 2.13. The first kappa shape index (κ1) is 13.9. The third-order valence-electron chi connectivity index (χ3n) is 3.34. The minimum Gasteiger partial charge on any atom is -0.469 e. The third-order valence-corrected chi connectivity index (χ3v) is 3.34. The maximum atomic E-state index is 5.34. The van der Waals surface area contributed by atoms with E-state index in [4.69, 9.17) is 4.42 Å². The third kappa shape index (κ3) is 3.96. The summed E-state index contributed by atoms with van der Waals surface area (Å²) in [5.74, 6) is 1.06. The van der Waals surface area contributed by atoms with Crippen molar-refractivity contribution >= 4 is 0 Å². The first-order valence-electron chi connectivity index (χ1n) is 6.93. The zero-order chi connectivity index (χ0) is 13.7. The van der Waals surface area contributed by atoms with Gasteiger partial charge in [0.25, 0.3) is 0 Å². The number of aryl methyl sites for hydroxylation is 1. The van der Waals surface area contributed by atoms with Crippen LogP contribution in [0.5, 0.6) is 0 Å². The van der Waals surface area contributed by atoms with Crippen molar-refractivity contribution in [2.75, 3.05) is 0 Å². The van der Waals surface area contributed by atoms with Gasteiger partial charge in [0.15, 0.2) is 0 Å². The average Bonchev–Trinajstić information content (AvgIpc) is 3.04. The molecule has 0 aromatic carbocycles. The summed E-state index contributed by atoms with van der Waals surface area (Å²) in [6.45, 7) is 7.41. The minimum absolute atomic E-state index is 0.456. The molecule has 2 aromatic heterocycles. The first-order chi connectivity index (χ1) is 9.16. The number of hydrogen-bond donors (Lipinski definition) is 1. The van der Waals surface area contributed by atoms with Gasteiger partial charge in [-0.05, 0) is 39.3 Å². The molecule has 0 saturated heterocycles. The Balaban J connectivity index is 1.76. The van der Waals surface area contributed by atoms with E-state index in [0.717, 1.165) is 25.1 Å². The van der Waals surface area contributed by atoms with E-state index in [-0.39, 0.29) is 0 Å². The molecule has 0 radical (unpaired) electrons. The van der Waals surface area contributed by atoms with Crippen LogP contribution in [0.3, 0.4) is 0 Å². The lowest BCUT2D eigenvalue weighted by Crippen LogP contribution is -2.27. The van der Waals surface area contributed by atoms with Crippen molar-refractivity contribution in [1.82, 2.24) is 14.9 Å². The summed E-state index contributed by atoms with van der Waals surface area (Å²) in [6.07, 6.45) is 7.62. The van der Waals surface area contributed by atoms with Crippen molar-refractivity contribution in [1.29, 1.82) is 0 Å². The van der Waals surface area contributed by atoms with E-state index in [1.165, 1.54) is 5.69 Å². The molecule has 19 heavy (non-hydrogen) atoms. The monoisotopic (exact) mass is 261 g/mol. The Bertz CT molecular complexity index is 473. The largest absolute Gasteiger partial charge is 0.469 e. The molecule has 1 unspecified atom stereocenters. The zero-order valence-electron chi connectivity index (χ0n) is 12.0. The van der Waals surface area contributed by atoms with Gasteiger partial charge in [-0.2, -0.15) is 0 Å². The highest BCUT2D eigenvalue weighted by molar-refractivity contribution is 5.00. The molecule has 0 bridgehead atoms. The SMILES string of the molecule is CC(CCc1ccco1)NCc1cncn1C(C)C. The second kappa shape index (κ2) is 6.57. The number of imidazole rings is 1. The summed E-state index contributed by atoms with van der Waals surface area (Å²) >= 11 is 0. The minimum atomic E-state index is 0.456. The summed E-state index contributed by atoms with van der Waals surface area (Å²) in [4.78, 5) is 4.22. The lowest BCUT2D eigenvalue weighted by atomic mass is 10.1. The molecule has 1 atom stereocenters. The Morgan fingerprint density at radius 3 is 2.89 bits per heavy atom. The van der Waals surface area contributed by atoms with E-state index in [0.29, 0.717) is 12.1 Å². The van der Waals surface area contributed by atoms with E-state index >= 15 is 0 Å². The van der Waals surface area contributed by atoms with Crippen LogP contribution in [0.15, 0.2) is 35.3 Å². The van der Waals surface area contributed by atoms with Gasteiger partial charge < -0.3 is 14.3 Å². The molecule has 4 heteroatoms. The van der Waals surface area contributed by atoms with Gasteiger partial charge in [-0.15, -0.1) is 0 Å². The van der Waals surface area contributed by atoms with Crippen LogP contribution in [0.25, 0.3) is 0 Å². The highest BCUT2D eigenvalue weighted by atomic mass is 16.3. The van der Waals surface area contributed by atoms with Crippen molar-refractivity contribution < 1.29 is 4.42 Å². The molecule has 0 spiro atoms. The van der Waals surface area contributed by atoms with Crippen LogP contribution in [-0.4, -0.2) is 15.6 Å². The second-order valence-electron chi connectivity index (χ2n) is 5.29. The predicted molar refractivity (Wildman–Crippen MR) is 75.9 cm³/mol. The van der Waals surface area contributed by atoms with Crippen molar-refractivity contribution in [2.45, 2.75) is 52.2 Å². The van der Waals surface area contributed by atoms with Crippen LogP contribution < -0.4 is 5.32 Å². The summed E-state index contributed by atoms with van der Waals surface area (Å²) in [5, 5.41) is 3.54. The van der Waals surface area contributed by atoms with E-state index in [1.807, 2.05) is 24.7 Å². The molecular formula is C15H23N3O. The number of hydrogen-bond acceptors (Lipinski definition) is 3. The molecule has 1 N–H and O–H groups in total. The van der Waals surface area contributed by atoms with Gasteiger partial charge in [0.05, 0.1) is 18.3 Å². The Morgan fingerprint density at radius 2 is 2.21 bits per heavy atom. The van der Waals surface area contributed by atoms with Crippen LogP contribution >= 0.6 is 0 Å². The average molecular weight is 261 g/mol. The number of rotatable bonds is 7. The molecule has 2 heterocycles. The lowest BCUT2D eigenvalue weighted by Gasteiger charge is -2.16. The van der Waals surface area contributed by atoms with Gasteiger partial charge in [-0.3, -0.25) is 0 Å². The van der Waals surface area contributed by atoms with Crippen LogP contribution in [-0.2, 0) is 13.0 Å². The van der Waals surface area contributed by atoms with E-state index in [1.54, 1.807) is 6.26 Å². The standard InChI is InChI=1S/C15H23N3O/c1-12(2)18-11-16-9-14(18)10-17-13(3)6-7-15-5-4-8-19-15/h4-5,8-9,11-13,17H,6-7,10H2,1-3H3. The zero-order valence-corrected chi connectivity index (χ0v) is 12.0. The van der Waals surface area contributed by atoms with E-state index in [2.05, 4.69) is 35.6 Å². The molecule has 4 nitrogen and oxygen atoms in total. The van der Waals surface area contributed by atoms with Crippen LogP contribution in [0.1, 0.15) is 44.7 Å². The van der Waals surface area contributed by atoms with Gasteiger partial charge in [-0.1, -0.05) is 0 Å². The normalized spacial score (nSPS) is 13.1. The molecule has 0 aliphatic carbocycles. The summed E-state index contributed by atoms with van der Waals surface area (Å²) in [6, 6.07) is 4.88. The van der Waals surface area contributed by atoms with Gasteiger partial charge in [-0.25, -0.2) is 4.98 Å². The summed E-state index contributed by atoms with van der Waals surface area (Å²) in [7, 11) is 0. The van der Waals surface area contributed by atoms with Crippen molar-refractivity contribution in [2.24, 2.45) is 0 Å². The smallest absolute Gasteiger partial charge is 0.103 e. The second-order valence-corrected chi connectivity index (χ2v) is 5.29. The molecule has 0 fully saturated rings. The first-order valence-corrected chi connectivity index (χ1v) is 6.93. The van der Waals surface area contributed by atoms with Crippen LogP contribution in [0, 0.1) is 0 Å². The Hall–Kier alpha value is -1.55. The van der Waals surface area contributed by atoms with Crippen LogP contribution in [0.2, 0.25) is 0 Å². The highest BCUT2D eigenvalue weighted by Crippen LogP contribution is 2.10. The van der Waals surface area contributed by atoms with Crippen molar-refractivity contribution in [3.8, 4) is 0 Å². The predicted octanol–water partition coefficient (Wildman–Crippen LogP) is 3.17. The molecule has 0 aliphatic heterocycles. The van der Waals surface area contributed by atoms with Crippen molar-refractivity contribution in [3.63, 3.8) is 0 Å². The molecule has 2 rings (SSSR count). The lowest BCUT2D eigenvalue weighted by molar-refractivity contribution is 0.451. The van der Waals surface area contributed by atoms with Gasteiger partial charge in [0.2, 0.25) is 0 Å². The fourth-order valence-corrected chi connectivity index (χ4v) is 2.13. The Kier molecular flexibility index (Phi) is 4.80. The topological polar surface area (TPSA) is 43.0 Å². The number of nitrogens with one attached hydrogen (secondary N) is 1. The van der Waals surface area contributed by atoms with Gasteiger partial charge in [0, 0.05) is 31.2 Å². The number of furan rings is 1. The number of nitrogens with zero attached hydrogens (tertiary/aromatic N) is 2. The summed E-state index contributed by atoms with van der Waals surface area (Å²) < 4.78 is 7.54. The number of aromatic nitrogens is 2. The molecule has 0 amide bonds. The van der Waals surface area contributed by atoms with Crippen molar-refractivity contribution in [3.05, 3.63) is 42.4 Å². The molecule has 0 aliphatic rings. The Labute approximate surface area is 114 Å². The van der Waals surface area contributed by atoms with E-state index in [9.17, 15) is 0 Å². The molecule has 0 saturated carbocycles. The fraction of sp³-hybridized carbons (Fsp3) is 0.533. The molecular weight excluding hydrogens is 238 g/mol. The quantitative estimate of drug-likeness (QED) is 0.832. The Morgan fingerprint density at radius 1 is 1.37 bits per heavy atom. The van der Waals surface area contributed by atoms with E-state index < -0.39 is 0 Å². The summed E-state index contributed by atoms with van der Waals surface area (Å²) in [5.41, 5.74) is 1.24. The van der Waals surface area contributed by atoms with Crippen LogP contribution in [0.4, 0.5) is 0 Å². The molecule has 104 valence electrons. The maximum absolute atomic E-state index is 5.34. The maximum Gasteiger partial charge on any atom is 0.103 e. The van der Waals surface area contributed by atoms with Gasteiger partial charge >= 0.3 is 0 Å².